The van der Waals surface area contributed by atoms with E-state index >= 15 is 0 Å². The average Bonchev–Trinajstić information content (AvgIpc) is 2.48. The van der Waals surface area contributed by atoms with E-state index in [1.807, 2.05) is 42.5 Å². The van der Waals surface area contributed by atoms with Crippen molar-refractivity contribution in [1.29, 1.82) is 0 Å². The lowest BCUT2D eigenvalue weighted by molar-refractivity contribution is 1.02. The summed E-state index contributed by atoms with van der Waals surface area (Å²) in [5.74, 6) is 0.453. The van der Waals surface area contributed by atoms with Gasteiger partial charge in [-0.05, 0) is 17.7 Å². The van der Waals surface area contributed by atoms with Crippen molar-refractivity contribution in [2.24, 2.45) is 0 Å². The molecule has 0 fully saturated rings. The molecule has 0 bridgehead atoms. The van der Waals surface area contributed by atoms with Crippen LogP contribution in [0.5, 0.6) is 0 Å². The summed E-state index contributed by atoms with van der Waals surface area (Å²) in [5, 5.41) is 8.20. The molecule has 0 aliphatic carbocycles. The maximum absolute atomic E-state index is 11.7. The Labute approximate surface area is 114 Å². The molecular formula is C15H11ClN2O. The fourth-order valence-electron chi connectivity index (χ4n) is 2.14. The number of alkyl halides is 1. The number of aromatic amines is 1. The van der Waals surface area contributed by atoms with E-state index in [9.17, 15) is 4.79 Å². The van der Waals surface area contributed by atoms with Crippen molar-refractivity contribution in [3.05, 3.63) is 64.4 Å². The van der Waals surface area contributed by atoms with E-state index in [2.05, 4.69) is 10.2 Å². The number of benzene rings is 2. The average molecular weight is 271 g/mol. The van der Waals surface area contributed by atoms with Crippen LogP contribution in [0.15, 0.2) is 53.3 Å². The molecule has 19 heavy (non-hydrogen) atoms. The van der Waals surface area contributed by atoms with E-state index in [1.165, 1.54) is 0 Å². The van der Waals surface area contributed by atoms with Crippen molar-refractivity contribution in [3.63, 3.8) is 0 Å². The number of nitrogens with zero attached hydrogens (tertiary/aromatic N) is 1. The van der Waals surface area contributed by atoms with Gasteiger partial charge in [-0.25, -0.2) is 5.10 Å². The second-order valence-corrected chi connectivity index (χ2v) is 4.55. The van der Waals surface area contributed by atoms with Crippen LogP contribution >= 0.6 is 11.6 Å². The van der Waals surface area contributed by atoms with Gasteiger partial charge < -0.3 is 0 Å². The first kappa shape index (κ1) is 11.9. The first-order valence-corrected chi connectivity index (χ1v) is 6.46. The van der Waals surface area contributed by atoms with Gasteiger partial charge in [0.25, 0.3) is 5.56 Å². The van der Waals surface area contributed by atoms with E-state index in [0.717, 1.165) is 22.2 Å². The minimum absolute atomic E-state index is 0.173. The van der Waals surface area contributed by atoms with Crippen LogP contribution in [0.1, 0.15) is 5.56 Å². The summed E-state index contributed by atoms with van der Waals surface area (Å²) < 4.78 is 0. The Morgan fingerprint density at radius 2 is 1.84 bits per heavy atom. The van der Waals surface area contributed by atoms with Crippen LogP contribution in [-0.2, 0) is 5.88 Å². The van der Waals surface area contributed by atoms with Gasteiger partial charge >= 0.3 is 0 Å². The monoisotopic (exact) mass is 270 g/mol. The molecule has 0 unspecified atom stereocenters. The van der Waals surface area contributed by atoms with E-state index < -0.39 is 0 Å². The molecule has 0 saturated heterocycles. The molecule has 0 aliphatic heterocycles. The minimum Gasteiger partial charge on any atom is -0.267 e. The normalized spacial score (nSPS) is 10.8. The summed E-state index contributed by atoms with van der Waals surface area (Å²) in [6, 6.07) is 15.3. The second-order valence-electron chi connectivity index (χ2n) is 4.28. The lowest BCUT2D eigenvalue weighted by Gasteiger charge is -2.06. The number of fused-ring (bicyclic) bond motifs is 1. The second kappa shape index (κ2) is 4.86. The van der Waals surface area contributed by atoms with Gasteiger partial charge in [-0.15, -0.1) is 11.6 Å². The Kier molecular flexibility index (Phi) is 3.05. The quantitative estimate of drug-likeness (QED) is 0.726. The summed E-state index contributed by atoms with van der Waals surface area (Å²) >= 11 is 5.85. The predicted molar refractivity (Wildman–Crippen MR) is 77.4 cm³/mol. The van der Waals surface area contributed by atoms with Crippen molar-refractivity contribution in [3.8, 4) is 11.3 Å². The van der Waals surface area contributed by atoms with Gasteiger partial charge in [-0.2, -0.15) is 5.10 Å². The topological polar surface area (TPSA) is 45.8 Å². The molecule has 1 N–H and O–H groups in total. The number of rotatable bonds is 2. The molecule has 0 spiro atoms. The number of hydrogen-bond donors (Lipinski definition) is 1. The lowest BCUT2D eigenvalue weighted by atomic mass is 10.0. The van der Waals surface area contributed by atoms with Crippen LogP contribution in [0, 0.1) is 0 Å². The molecular weight excluding hydrogens is 260 g/mol. The molecule has 4 heteroatoms. The van der Waals surface area contributed by atoms with Gasteiger partial charge in [-0.1, -0.05) is 36.4 Å². The van der Waals surface area contributed by atoms with Gasteiger partial charge in [0.1, 0.15) is 0 Å². The number of aromatic nitrogens is 2. The molecule has 3 aromatic rings. The maximum Gasteiger partial charge on any atom is 0.272 e. The van der Waals surface area contributed by atoms with Crippen molar-refractivity contribution < 1.29 is 0 Å². The zero-order chi connectivity index (χ0) is 13.2. The molecule has 2 aromatic carbocycles. The zero-order valence-electron chi connectivity index (χ0n) is 10.1. The fourth-order valence-corrected chi connectivity index (χ4v) is 2.30. The van der Waals surface area contributed by atoms with Crippen LogP contribution in [0.4, 0.5) is 0 Å². The van der Waals surface area contributed by atoms with Gasteiger partial charge in [0.05, 0.1) is 11.1 Å². The third kappa shape index (κ3) is 2.13. The smallest absolute Gasteiger partial charge is 0.267 e. The highest BCUT2D eigenvalue weighted by molar-refractivity contribution is 6.17. The molecule has 0 saturated carbocycles. The summed E-state index contributed by atoms with van der Waals surface area (Å²) in [4.78, 5) is 11.7. The number of nitrogens with one attached hydrogen (secondary N) is 1. The molecule has 3 nitrogen and oxygen atoms in total. The van der Waals surface area contributed by atoms with Crippen LogP contribution in [0.3, 0.4) is 0 Å². The van der Waals surface area contributed by atoms with E-state index in [1.54, 1.807) is 6.07 Å². The minimum atomic E-state index is -0.173. The molecule has 1 aromatic heterocycles. The summed E-state index contributed by atoms with van der Waals surface area (Å²) in [7, 11) is 0. The van der Waals surface area contributed by atoms with Crippen LogP contribution in [-0.4, -0.2) is 10.2 Å². The Morgan fingerprint density at radius 1 is 1.05 bits per heavy atom. The van der Waals surface area contributed by atoms with Gasteiger partial charge in [0.15, 0.2) is 0 Å². The first-order valence-electron chi connectivity index (χ1n) is 5.92. The lowest BCUT2D eigenvalue weighted by Crippen LogP contribution is -2.09. The van der Waals surface area contributed by atoms with E-state index in [4.69, 9.17) is 11.6 Å². The van der Waals surface area contributed by atoms with Crippen LogP contribution < -0.4 is 5.56 Å². The molecule has 1 heterocycles. The van der Waals surface area contributed by atoms with Gasteiger partial charge in [0, 0.05) is 16.8 Å². The van der Waals surface area contributed by atoms with Crippen molar-refractivity contribution in [2.45, 2.75) is 5.88 Å². The third-order valence-electron chi connectivity index (χ3n) is 3.05. The summed E-state index contributed by atoms with van der Waals surface area (Å²) in [6.07, 6.45) is 0. The standard InChI is InChI=1S/C15H11ClN2O/c16-9-10-4-3-5-11(8-10)14-12-6-1-2-7-13(12)15(19)18-17-14/h1-8H,9H2,(H,18,19). The van der Waals surface area contributed by atoms with Crippen molar-refractivity contribution in [1.82, 2.24) is 10.2 Å². The Hall–Kier alpha value is -2.13. The van der Waals surface area contributed by atoms with Crippen molar-refractivity contribution >= 4 is 22.4 Å². The largest absolute Gasteiger partial charge is 0.272 e. The van der Waals surface area contributed by atoms with E-state index in [-0.39, 0.29) is 5.56 Å². The molecule has 0 radical (unpaired) electrons. The summed E-state index contributed by atoms with van der Waals surface area (Å²) in [5.41, 5.74) is 2.57. The Morgan fingerprint density at radius 3 is 2.63 bits per heavy atom. The molecule has 0 atom stereocenters. The third-order valence-corrected chi connectivity index (χ3v) is 3.36. The number of H-pyrrole nitrogens is 1. The fraction of sp³-hybridized carbons (Fsp3) is 0.0667. The van der Waals surface area contributed by atoms with Gasteiger partial charge in [-0.3, -0.25) is 4.79 Å². The SMILES string of the molecule is O=c1[nH]nc(-c2cccc(CCl)c2)c2ccccc12. The number of hydrogen-bond acceptors (Lipinski definition) is 2. The highest BCUT2D eigenvalue weighted by Crippen LogP contribution is 2.25. The Balaban J connectivity index is 2.31. The molecule has 3 rings (SSSR count). The maximum atomic E-state index is 11.7. The van der Waals surface area contributed by atoms with Crippen LogP contribution in [0.25, 0.3) is 22.0 Å². The van der Waals surface area contributed by atoms with Crippen LogP contribution in [0.2, 0.25) is 0 Å². The molecule has 0 aliphatic rings. The first-order chi connectivity index (χ1) is 9.29. The molecule has 0 amide bonds. The van der Waals surface area contributed by atoms with E-state index in [0.29, 0.717) is 11.3 Å². The number of halogens is 1. The van der Waals surface area contributed by atoms with Gasteiger partial charge in [0.2, 0.25) is 0 Å². The Bertz CT molecular complexity index is 795. The highest BCUT2D eigenvalue weighted by Gasteiger charge is 2.08. The molecule has 94 valence electrons. The zero-order valence-corrected chi connectivity index (χ0v) is 10.8. The highest BCUT2D eigenvalue weighted by atomic mass is 35.5. The van der Waals surface area contributed by atoms with Crippen molar-refractivity contribution in [2.75, 3.05) is 0 Å². The predicted octanol–water partition coefficient (Wildman–Crippen LogP) is 3.33. The summed E-state index contributed by atoms with van der Waals surface area (Å²) in [6.45, 7) is 0.